The van der Waals surface area contributed by atoms with Crippen molar-refractivity contribution in [3.63, 3.8) is 0 Å². The van der Waals surface area contributed by atoms with E-state index in [1.54, 1.807) is 4.52 Å². The van der Waals surface area contributed by atoms with E-state index in [4.69, 9.17) is 4.74 Å². The van der Waals surface area contributed by atoms with Crippen molar-refractivity contribution in [1.82, 2.24) is 19.6 Å². The summed E-state index contributed by atoms with van der Waals surface area (Å²) >= 11 is 0. The van der Waals surface area contributed by atoms with E-state index in [1.165, 1.54) is 6.33 Å². The molecule has 0 bridgehead atoms. The van der Waals surface area contributed by atoms with E-state index in [0.29, 0.717) is 18.3 Å². The van der Waals surface area contributed by atoms with Crippen LogP contribution in [-0.4, -0.2) is 26.2 Å². The summed E-state index contributed by atoms with van der Waals surface area (Å²) in [4.78, 5) is 8.17. The van der Waals surface area contributed by atoms with Gasteiger partial charge in [-0.2, -0.15) is 14.6 Å². The van der Waals surface area contributed by atoms with Gasteiger partial charge in [-0.1, -0.05) is 0 Å². The van der Waals surface area contributed by atoms with Crippen LogP contribution >= 0.6 is 0 Å². The van der Waals surface area contributed by atoms with Gasteiger partial charge in [-0.15, -0.1) is 0 Å². The normalized spacial score (nSPS) is 10.6. The largest absolute Gasteiger partial charge is 0.478 e. The Bertz CT molecular complexity index is 423. The number of hydrogen-bond donors (Lipinski definition) is 0. The van der Waals surface area contributed by atoms with Crippen LogP contribution in [0.4, 0.5) is 0 Å². The molecule has 0 fully saturated rings. The molecule has 0 aliphatic carbocycles. The lowest BCUT2D eigenvalue weighted by Crippen LogP contribution is -2.02. The molecule has 2 aromatic heterocycles. The van der Waals surface area contributed by atoms with Crippen LogP contribution in [0, 0.1) is 6.92 Å². The molecule has 0 atom stereocenters. The topological polar surface area (TPSA) is 52.3 Å². The molecule has 0 amide bonds. The molecule has 13 heavy (non-hydrogen) atoms. The van der Waals surface area contributed by atoms with Gasteiger partial charge in [0.2, 0.25) is 5.88 Å². The van der Waals surface area contributed by atoms with E-state index in [9.17, 15) is 0 Å². The van der Waals surface area contributed by atoms with Crippen molar-refractivity contribution >= 4 is 5.78 Å². The molecule has 0 aliphatic heterocycles. The Morgan fingerprint density at radius 3 is 3.15 bits per heavy atom. The number of aromatic nitrogens is 4. The van der Waals surface area contributed by atoms with E-state index in [1.807, 2.05) is 19.9 Å². The average Bonchev–Trinajstić information content (AvgIpc) is 2.52. The zero-order valence-corrected chi connectivity index (χ0v) is 7.56. The Morgan fingerprint density at radius 2 is 2.38 bits per heavy atom. The Labute approximate surface area is 75.4 Å². The lowest BCUT2D eigenvalue weighted by Gasteiger charge is -2.04. The first-order valence-electron chi connectivity index (χ1n) is 4.11. The summed E-state index contributed by atoms with van der Waals surface area (Å²) in [5.41, 5.74) is 0.879. The third kappa shape index (κ3) is 1.32. The first kappa shape index (κ1) is 7.97. The maximum Gasteiger partial charge on any atom is 0.255 e. The van der Waals surface area contributed by atoms with Crippen LogP contribution in [0.2, 0.25) is 0 Å². The van der Waals surface area contributed by atoms with E-state index in [0.717, 1.165) is 5.69 Å². The number of hydrogen-bond acceptors (Lipinski definition) is 4. The highest BCUT2D eigenvalue weighted by atomic mass is 16.5. The highest BCUT2D eigenvalue weighted by Crippen LogP contribution is 2.11. The Morgan fingerprint density at radius 1 is 1.54 bits per heavy atom. The van der Waals surface area contributed by atoms with Crippen LogP contribution in [0.3, 0.4) is 0 Å². The third-order valence-corrected chi connectivity index (χ3v) is 1.64. The fourth-order valence-electron chi connectivity index (χ4n) is 1.15. The molecule has 5 nitrogen and oxygen atoms in total. The number of rotatable bonds is 2. The Hall–Kier alpha value is -1.65. The second kappa shape index (κ2) is 3.01. The summed E-state index contributed by atoms with van der Waals surface area (Å²) in [6, 6.07) is 1.84. The molecule has 0 radical (unpaired) electrons. The second-order valence-electron chi connectivity index (χ2n) is 2.64. The summed E-state index contributed by atoms with van der Waals surface area (Å²) in [5.74, 6) is 1.26. The van der Waals surface area contributed by atoms with E-state index < -0.39 is 0 Å². The van der Waals surface area contributed by atoms with Crippen LogP contribution in [-0.2, 0) is 0 Å². The van der Waals surface area contributed by atoms with Gasteiger partial charge in [-0.05, 0) is 13.8 Å². The molecule has 5 heteroatoms. The number of ether oxygens (including phenoxy) is 1. The van der Waals surface area contributed by atoms with E-state index in [-0.39, 0.29) is 0 Å². The lowest BCUT2D eigenvalue weighted by molar-refractivity contribution is 0.317. The molecule has 0 aromatic carbocycles. The zero-order valence-electron chi connectivity index (χ0n) is 7.56. The SMILES string of the molecule is CCOc1cc(C)nc2ncnn12. The van der Waals surface area contributed by atoms with E-state index in [2.05, 4.69) is 15.1 Å². The zero-order chi connectivity index (χ0) is 9.26. The number of fused-ring (bicyclic) bond motifs is 1. The average molecular weight is 178 g/mol. The minimum atomic E-state index is 0.573. The van der Waals surface area contributed by atoms with E-state index >= 15 is 0 Å². The second-order valence-corrected chi connectivity index (χ2v) is 2.64. The maximum atomic E-state index is 5.38. The van der Waals surface area contributed by atoms with Crippen molar-refractivity contribution in [2.24, 2.45) is 0 Å². The highest BCUT2D eigenvalue weighted by Gasteiger charge is 2.04. The van der Waals surface area contributed by atoms with Gasteiger partial charge >= 0.3 is 0 Å². The Kier molecular flexibility index (Phi) is 1.84. The lowest BCUT2D eigenvalue weighted by atomic mass is 10.4. The standard InChI is InChI=1S/C8H10N4O/c1-3-13-7-4-6(2)11-8-9-5-10-12(7)8/h4-5H,3H2,1-2H3. The molecular weight excluding hydrogens is 168 g/mol. The van der Waals surface area contributed by atoms with Crippen molar-refractivity contribution in [2.75, 3.05) is 6.61 Å². The van der Waals surface area contributed by atoms with Gasteiger partial charge in [0.25, 0.3) is 5.78 Å². The van der Waals surface area contributed by atoms with Crippen molar-refractivity contribution in [3.05, 3.63) is 18.1 Å². The summed E-state index contributed by atoms with van der Waals surface area (Å²) in [7, 11) is 0. The summed E-state index contributed by atoms with van der Waals surface area (Å²) in [6.07, 6.45) is 1.46. The van der Waals surface area contributed by atoms with Crippen LogP contribution in [0.25, 0.3) is 5.78 Å². The number of aryl methyl sites for hydroxylation is 1. The number of nitrogens with zero attached hydrogens (tertiary/aromatic N) is 4. The van der Waals surface area contributed by atoms with Gasteiger partial charge in [0, 0.05) is 11.8 Å². The molecule has 0 saturated carbocycles. The van der Waals surface area contributed by atoms with Gasteiger partial charge < -0.3 is 4.74 Å². The smallest absolute Gasteiger partial charge is 0.255 e. The van der Waals surface area contributed by atoms with Gasteiger partial charge in [0.1, 0.15) is 6.33 Å². The summed E-state index contributed by atoms with van der Waals surface area (Å²) in [5, 5.41) is 4.00. The molecule has 2 aromatic rings. The minimum absolute atomic E-state index is 0.573. The first-order valence-corrected chi connectivity index (χ1v) is 4.11. The van der Waals surface area contributed by atoms with Gasteiger partial charge in [-0.25, -0.2) is 4.98 Å². The first-order chi connectivity index (χ1) is 6.31. The van der Waals surface area contributed by atoms with Crippen LogP contribution in [0.5, 0.6) is 5.88 Å². The van der Waals surface area contributed by atoms with Crippen molar-refractivity contribution in [1.29, 1.82) is 0 Å². The monoisotopic (exact) mass is 178 g/mol. The molecule has 0 unspecified atom stereocenters. The predicted molar refractivity (Wildman–Crippen MR) is 46.7 cm³/mol. The minimum Gasteiger partial charge on any atom is -0.478 e. The summed E-state index contributed by atoms with van der Waals surface area (Å²) in [6.45, 7) is 4.44. The molecule has 0 spiro atoms. The molecule has 0 saturated heterocycles. The molecule has 0 aliphatic rings. The fraction of sp³-hybridized carbons (Fsp3) is 0.375. The van der Waals surface area contributed by atoms with Crippen molar-refractivity contribution < 1.29 is 4.74 Å². The maximum absolute atomic E-state index is 5.38. The molecule has 0 N–H and O–H groups in total. The molecular formula is C8H10N4O. The van der Waals surface area contributed by atoms with Crippen LogP contribution in [0.15, 0.2) is 12.4 Å². The summed E-state index contributed by atoms with van der Waals surface area (Å²) < 4.78 is 6.96. The molecule has 2 rings (SSSR count). The Balaban J connectivity index is 2.63. The van der Waals surface area contributed by atoms with Crippen molar-refractivity contribution in [3.8, 4) is 5.88 Å². The van der Waals surface area contributed by atoms with Crippen LogP contribution < -0.4 is 4.74 Å². The fourth-order valence-corrected chi connectivity index (χ4v) is 1.15. The quantitative estimate of drug-likeness (QED) is 0.683. The third-order valence-electron chi connectivity index (χ3n) is 1.64. The predicted octanol–water partition coefficient (Wildman–Crippen LogP) is 0.831. The van der Waals surface area contributed by atoms with Crippen molar-refractivity contribution in [2.45, 2.75) is 13.8 Å². The van der Waals surface area contributed by atoms with Crippen LogP contribution in [0.1, 0.15) is 12.6 Å². The molecule has 2 heterocycles. The highest BCUT2D eigenvalue weighted by molar-refractivity contribution is 5.32. The van der Waals surface area contributed by atoms with Gasteiger partial charge in [0.05, 0.1) is 6.61 Å². The van der Waals surface area contributed by atoms with Gasteiger partial charge in [0.15, 0.2) is 0 Å². The van der Waals surface area contributed by atoms with Gasteiger partial charge in [-0.3, -0.25) is 0 Å². The molecule has 68 valence electrons.